The Kier molecular flexibility index (Phi) is 5.34. The highest BCUT2D eigenvalue weighted by Crippen LogP contribution is 2.54. The summed E-state index contributed by atoms with van der Waals surface area (Å²) in [5.41, 5.74) is 6.30. The van der Waals surface area contributed by atoms with Gasteiger partial charge in [0.2, 0.25) is 11.6 Å². The molecule has 36 heavy (non-hydrogen) atoms. The summed E-state index contributed by atoms with van der Waals surface area (Å²) in [5, 5.41) is 18.4. The maximum Gasteiger partial charge on any atom is 0.232 e. The molecular formula is C28H15N7S. The van der Waals surface area contributed by atoms with Gasteiger partial charge in [0.1, 0.15) is 12.1 Å². The minimum absolute atomic E-state index is 0.113. The van der Waals surface area contributed by atoms with Crippen LogP contribution < -0.4 is 4.90 Å². The molecule has 1 aliphatic heterocycles. The molecule has 0 unspecified atom stereocenters. The van der Waals surface area contributed by atoms with Gasteiger partial charge in [0.05, 0.1) is 17.1 Å². The van der Waals surface area contributed by atoms with Gasteiger partial charge in [0.25, 0.3) is 0 Å². The molecule has 8 heteroatoms. The molecule has 7 nitrogen and oxygen atoms in total. The van der Waals surface area contributed by atoms with E-state index in [1.807, 2.05) is 54.6 Å². The van der Waals surface area contributed by atoms with Crippen LogP contribution in [0.25, 0.3) is 22.3 Å². The second kappa shape index (κ2) is 8.95. The number of hydrogen-bond donors (Lipinski definition) is 0. The third kappa shape index (κ3) is 3.63. The summed E-state index contributed by atoms with van der Waals surface area (Å²) in [5.74, 6) is 0.226. The number of para-hydroxylation sites is 3. The fraction of sp³-hybridized carbons (Fsp3) is 0. The van der Waals surface area contributed by atoms with Crippen molar-refractivity contribution < 1.29 is 0 Å². The number of benzene rings is 3. The van der Waals surface area contributed by atoms with Crippen molar-refractivity contribution in [1.82, 2.24) is 19.9 Å². The number of nitrogens with zero attached hydrogens (tertiary/aromatic N) is 7. The van der Waals surface area contributed by atoms with Crippen molar-refractivity contribution >= 4 is 28.8 Å². The van der Waals surface area contributed by atoms with E-state index in [0.29, 0.717) is 0 Å². The van der Waals surface area contributed by atoms with E-state index in [0.717, 1.165) is 49.1 Å². The van der Waals surface area contributed by atoms with Gasteiger partial charge in [0.15, 0.2) is 0 Å². The molecule has 0 aliphatic carbocycles. The van der Waals surface area contributed by atoms with Gasteiger partial charge in [0, 0.05) is 56.8 Å². The lowest BCUT2D eigenvalue weighted by Gasteiger charge is -2.35. The molecule has 0 atom stereocenters. The zero-order valence-electron chi connectivity index (χ0n) is 18.7. The number of hydrogen-bond acceptors (Lipinski definition) is 8. The highest BCUT2D eigenvalue weighted by molar-refractivity contribution is 7.99. The minimum atomic E-state index is 0.113. The summed E-state index contributed by atoms with van der Waals surface area (Å²) in [6, 6.07) is 26.5. The lowest BCUT2D eigenvalue weighted by molar-refractivity contribution is 1.11. The number of rotatable bonds is 3. The summed E-state index contributed by atoms with van der Waals surface area (Å²) >= 11 is 1.73. The van der Waals surface area contributed by atoms with E-state index in [1.165, 1.54) is 0 Å². The van der Waals surface area contributed by atoms with Crippen molar-refractivity contribution in [2.24, 2.45) is 0 Å². The molecule has 0 radical (unpaired) electrons. The standard InChI is InChI=1S/C28H15N7S/c29-12-26-31-14-18(15-32-26)20-6-5-7-21(19-16-33-27(13-30)34-17-19)28(20)35-22-8-1-3-10-24(22)36-25-11-4-2-9-23(25)35/h1-11,14-17H. The fourth-order valence-corrected chi connectivity index (χ4v) is 5.30. The van der Waals surface area contributed by atoms with Crippen molar-refractivity contribution in [1.29, 1.82) is 10.5 Å². The normalized spacial score (nSPS) is 11.7. The Labute approximate surface area is 211 Å². The minimum Gasteiger partial charge on any atom is -0.307 e. The number of fused-ring (bicyclic) bond motifs is 2. The lowest BCUT2D eigenvalue weighted by atomic mass is 9.96. The molecule has 0 saturated heterocycles. The first-order chi connectivity index (χ1) is 17.8. The van der Waals surface area contributed by atoms with Crippen LogP contribution in [-0.2, 0) is 0 Å². The highest BCUT2D eigenvalue weighted by atomic mass is 32.2. The third-order valence-electron chi connectivity index (χ3n) is 5.82. The highest BCUT2D eigenvalue weighted by Gasteiger charge is 2.28. The smallest absolute Gasteiger partial charge is 0.232 e. The summed E-state index contributed by atoms with van der Waals surface area (Å²) in [4.78, 5) is 21.4. The second-order valence-electron chi connectivity index (χ2n) is 7.89. The molecule has 0 fully saturated rings. The molecule has 5 aromatic rings. The van der Waals surface area contributed by atoms with Crippen LogP contribution in [0.15, 0.2) is 101 Å². The Hall–Kier alpha value is -5.05. The SMILES string of the molecule is N#Cc1ncc(-c2cccc(-c3cnc(C#N)nc3)c2N2c3ccccc3Sc3ccccc32)cn1. The van der Waals surface area contributed by atoms with E-state index in [9.17, 15) is 10.5 Å². The molecule has 3 aromatic carbocycles. The summed E-state index contributed by atoms with van der Waals surface area (Å²) in [7, 11) is 0. The Morgan fingerprint density at radius 1 is 0.583 bits per heavy atom. The zero-order valence-corrected chi connectivity index (χ0v) is 19.5. The van der Waals surface area contributed by atoms with Crippen LogP contribution in [-0.4, -0.2) is 19.9 Å². The molecule has 0 N–H and O–H groups in total. The molecule has 2 aromatic heterocycles. The maximum absolute atomic E-state index is 9.19. The average molecular weight is 482 g/mol. The van der Waals surface area contributed by atoms with Crippen LogP contribution in [0.1, 0.15) is 11.6 Å². The Morgan fingerprint density at radius 3 is 1.47 bits per heavy atom. The van der Waals surface area contributed by atoms with Crippen molar-refractivity contribution in [3.05, 3.63) is 103 Å². The molecule has 0 saturated carbocycles. The molecule has 6 rings (SSSR count). The van der Waals surface area contributed by atoms with Crippen LogP contribution in [0, 0.1) is 22.7 Å². The molecule has 168 valence electrons. The van der Waals surface area contributed by atoms with Gasteiger partial charge in [-0.2, -0.15) is 10.5 Å². The molecule has 3 heterocycles. The van der Waals surface area contributed by atoms with Gasteiger partial charge < -0.3 is 4.90 Å². The van der Waals surface area contributed by atoms with E-state index in [4.69, 9.17) is 0 Å². The first-order valence-electron chi connectivity index (χ1n) is 11.0. The van der Waals surface area contributed by atoms with Crippen molar-refractivity contribution in [3.63, 3.8) is 0 Å². The third-order valence-corrected chi connectivity index (χ3v) is 6.95. The molecular weight excluding hydrogens is 466 g/mol. The quantitative estimate of drug-likeness (QED) is 0.291. The predicted molar refractivity (Wildman–Crippen MR) is 137 cm³/mol. The average Bonchev–Trinajstić information content (AvgIpc) is 2.95. The van der Waals surface area contributed by atoms with Crippen molar-refractivity contribution in [3.8, 4) is 34.4 Å². The van der Waals surface area contributed by atoms with Crippen LogP contribution >= 0.6 is 11.8 Å². The monoisotopic (exact) mass is 481 g/mol. The summed E-state index contributed by atoms with van der Waals surface area (Å²) in [6.07, 6.45) is 6.67. The van der Waals surface area contributed by atoms with Crippen LogP contribution in [0.2, 0.25) is 0 Å². The van der Waals surface area contributed by atoms with Crippen molar-refractivity contribution in [2.45, 2.75) is 9.79 Å². The number of nitriles is 2. The fourth-order valence-electron chi connectivity index (χ4n) is 4.25. The topological polar surface area (TPSA) is 102 Å². The molecule has 0 spiro atoms. The van der Waals surface area contributed by atoms with E-state index >= 15 is 0 Å². The maximum atomic E-state index is 9.19. The summed E-state index contributed by atoms with van der Waals surface area (Å²) in [6.45, 7) is 0. The first kappa shape index (κ1) is 21.5. The van der Waals surface area contributed by atoms with Crippen LogP contribution in [0.3, 0.4) is 0 Å². The molecule has 0 bridgehead atoms. The van der Waals surface area contributed by atoms with Crippen LogP contribution in [0.5, 0.6) is 0 Å². The van der Waals surface area contributed by atoms with Gasteiger partial charge in [-0.05, 0) is 24.3 Å². The summed E-state index contributed by atoms with van der Waals surface area (Å²) < 4.78 is 0. The molecule has 0 amide bonds. The van der Waals surface area contributed by atoms with Gasteiger partial charge >= 0.3 is 0 Å². The van der Waals surface area contributed by atoms with E-state index in [2.05, 4.69) is 49.1 Å². The Morgan fingerprint density at radius 2 is 1.03 bits per heavy atom. The molecule has 1 aliphatic rings. The van der Waals surface area contributed by atoms with Crippen LogP contribution in [0.4, 0.5) is 17.1 Å². The number of anilines is 3. The Balaban J connectivity index is 1.67. The largest absolute Gasteiger partial charge is 0.307 e. The second-order valence-corrected chi connectivity index (χ2v) is 8.97. The van der Waals surface area contributed by atoms with Gasteiger partial charge in [-0.15, -0.1) is 0 Å². The van der Waals surface area contributed by atoms with Gasteiger partial charge in [-0.25, -0.2) is 19.9 Å². The predicted octanol–water partition coefficient (Wildman–Crippen LogP) is 6.28. The Bertz CT molecular complexity index is 1560. The van der Waals surface area contributed by atoms with E-state index in [1.54, 1.807) is 36.5 Å². The zero-order chi connectivity index (χ0) is 24.5. The number of aromatic nitrogens is 4. The van der Waals surface area contributed by atoms with Gasteiger partial charge in [-0.3, -0.25) is 0 Å². The lowest BCUT2D eigenvalue weighted by Crippen LogP contribution is -2.16. The first-order valence-corrected chi connectivity index (χ1v) is 11.8. The van der Waals surface area contributed by atoms with Gasteiger partial charge in [-0.1, -0.05) is 54.2 Å². The van der Waals surface area contributed by atoms with Crippen molar-refractivity contribution in [2.75, 3.05) is 4.90 Å². The van der Waals surface area contributed by atoms with E-state index in [-0.39, 0.29) is 11.6 Å². The van der Waals surface area contributed by atoms with E-state index < -0.39 is 0 Å².